The van der Waals surface area contributed by atoms with Crippen molar-refractivity contribution in [3.8, 4) is 6.07 Å². The number of halogens is 4. The zero-order valence-electron chi connectivity index (χ0n) is 19.6. The van der Waals surface area contributed by atoms with Crippen LogP contribution in [0.15, 0.2) is 24.3 Å². The predicted molar refractivity (Wildman–Crippen MR) is 123 cm³/mol. The predicted octanol–water partition coefficient (Wildman–Crippen LogP) is 3.27. The minimum Gasteiger partial charge on any atom is -0.356 e. The van der Waals surface area contributed by atoms with E-state index in [4.69, 9.17) is 0 Å². The largest absolute Gasteiger partial charge is 0.356 e. The number of aromatic amines is 1. The van der Waals surface area contributed by atoms with E-state index >= 15 is 0 Å². The molecule has 6 rings (SSSR count). The molecule has 1 aliphatic carbocycles. The minimum absolute atomic E-state index is 0.0179. The van der Waals surface area contributed by atoms with Crippen molar-refractivity contribution in [1.82, 2.24) is 20.5 Å². The molecule has 4 fully saturated rings. The summed E-state index contributed by atoms with van der Waals surface area (Å²) in [5.74, 6) is -7.02. The molecule has 3 N–H and O–H groups in total. The summed E-state index contributed by atoms with van der Waals surface area (Å²) in [6.07, 6.45) is -2.59. The van der Waals surface area contributed by atoms with Crippen LogP contribution in [0.5, 0.6) is 0 Å². The summed E-state index contributed by atoms with van der Waals surface area (Å²) >= 11 is 0. The number of carbonyl (C=O) groups excluding carboxylic acids is 3. The van der Waals surface area contributed by atoms with Crippen LogP contribution in [0.25, 0.3) is 10.9 Å². The topological polar surface area (TPSA) is 118 Å². The van der Waals surface area contributed by atoms with Gasteiger partial charge in [-0.2, -0.15) is 5.26 Å². The van der Waals surface area contributed by atoms with Gasteiger partial charge in [0.25, 0.3) is 18.3 Å². The molecule has 1 saturated carbocycles. The van der Waals surface area contributed by atoms with Gasteiger partial charge in [-0.3, -0.25) is 14.4 Å². The molecular weight excluding hydrogens is 494 g/mol. The van der Waals surface area contributed by atoms with Gasteiger partial charge >= 0.3 is 0 Å². The highest BCUT2D eigenvalue weighted by molar-refractivity contribution is 6.01. The lowest BCUT2D eigenvalue weighted by Crippen LogP contribution is -2.68. The first-order valence-corrected chi connectivity index (χ1v) is 12.2. The number of piperidine rings is 2. The molecule has 1 aromatic carbocycles. The van der Waals surface area contributed by atoms with Crippen molar-refractivity contribution in [3.05, 3.63) is 35.5 Å². The molecule has 0 unspecified atom stereocenters. The van der Waals surface area contributed by atoms with Crippen LogP contribution < -0.4 is 10.6 Å². The standard InChI is InChI=1S/C25H25F4N5O3/c26-21(27)15-2-1-3-18-16(15)9-19(33-18)24(37)34-14-4-5-17(25(28,29)10-14)20(34)23(36)32-13(11-30)8-12-6-7-31-22(12)35/h1-3,9,12-14,17,20-21,33H,4-8,10H2,(H,31,35)(H,32,36)/t12-,13+,14-,17-,20+/m0/s1. The molecule has 196 valence electrons. The van der Waals surface area contributed by atoms with Gasteiger partial charge in [0.05, 0.1) is 12.0 Å². The Balaban J connectivity index is 1.44. The highest BCUT2D eigenvalue weighted by atomic mass is 19.3. The molecule has 0 radical (unpaired) electrons. The second-order valence-corrected chi connectivity index (χ2v) is 9.95. The number of nitriles is 1. The number of nitrogens with one attached hydrogen (secondary N) is 3. The average Bonchev–Trinajstić information content (AvgIpc) is 3.47. The lowest BCUT2D eigenvalue weighted by Gasteiger charge is -2.53. The summed E-state index contributed by atoms with van der Waals surface area (Å²) in [5.41, 5.74) is -0.0770. The smallest absolute Gasteiger partial charge is 0.271 e. The van der Waals surface area contributed by atoms with Crippen LogP contribution in [0.1, 0.15) is 54.6 Å². The number of amides is 3. The van der Waals surface area contributed by atoms with Crippen LogP contribution in [0, 0.1) is 23.2 Å². The monoisotopic (exact) mass is 519 g/mol. The molecule has 3 amide bonds. The van der Waals surface area contributed by atoms with Gasteiger partial charge in [-0.1, -0.05) is 12.1 Å². The van der Waals surface area contributed by atoms with E-state index in [2.05, 4.69) is 15.6 Å². The zero-order valence-corrected chi connectivity index (χ0v) is 19.6. The summed E-state index contributed by atoms with van der Waals surface area (Å²) in [7, 11) is 0. The lowest BCUT2D eigenvalue weighted by atomic mass is 9.71. The van der Waals surface area contributed by atoms with Gasteiger partial charge in [-0.25, -0.2) is 17.6 Å². The normalized spacial score (nSPS) is 27.2. The number of benzene rings is 1. The molecule has 5 atom stereocenters. The number of fused-ring (bicyclic) bond motifs is 4. The first-order valence-electron chi connectivity index (χ1n) is 12.2. The van der Waals surface area contributed by atoms with Crippen LogP contribution in [-0.2, 0) is 9.59 Å². The molecule has 0 spiro atoms. The third kappa shape index (κ3) is 4.40. The van der Waals surface area contributed by atoms with Crippen LogP contribution >= 0.6 is 0 Å². The van der Waals surface area contributed by atoms with E-state index in [9.17, 15) is 37.2 Å². The second kappa shape index (κ2) is 9.36. The molecule has 3 aliphatic heterocycles. The lowest BCUT2D eigenvalue weighted by molar-refractivity contribution is -0.179. The Hall–Kier alpha value is -3.62. The Morgan fingerprint density at radius 3 is 2.68 bits per heavy atom. The first-order chi connectivity index (χ1) is 17.6. The average molecular weight is 519 g/mol. The number of alkyl halides is 4. The van der Waals surface area contributed by atoms with E-state index in [1.807, 2.05) is 6.07 Å². The maximum Gasteiger partial charge on any atom is 0.271 e. The summed E-state index contributed by atoms with van der Waals surface area (Å²) in [6, 6.07) is 3.75. The molecule has 4 heterocycles. The van der Waals surface area contributed by atoms with E-state index in [0.717, 1.165) is 4.90 Å². The number of rotatable bonds is 6. The molecule has 2 aromatic rings. The third-order valence-electron chi connectivity index (χ3n) is 7.76. The molecule has 8 nitrogen and oxygen atoms in total. The third-order valence-corrected chi connectivity index (χ3v) is 7.76. The molecule has 4 aliphatic rings. The summed E-state index contributed by atoms with van der Waals surface area (Å²) < 4.78 is 56.8. The fraction of sp³-hybridized carbons (Fsp3) is 0.520. The minimum atomic E-state index is -3.20. The number of nitrogens with zero attached hydrogens (tertiary/aromatic N) is 2. The van der Waals surface area contributed by atoms with Crippen molar-refractivity contribution in [2.24, 2.45) is 11.8 Å². The number of hydrogen-bond donors (Lipinski definition) is 3. The van der Waals surface area contributed by atoms with E-state index < -0.39 is 60.5 Å². The maximum absolute atomic E-state index is 14.9. The number of hydrogen-bond acceptors (Lipinski definition) is 4. The molecular formula is C25H25F4N5O3. The molecule has 12 heteroatoms. The Bertz CT molecular complexity index is 1290. The van der Waals surface area contributed by atoms with Gasteiger partial charge in [0.2, 0.25) is 11.8 Å². The van der Waals surface area contributed by atoms with Gasteiger partial charge in [0, 0.05) is 41.4 Å². The summed E-state index contributed by atoms with van der Waals surface area (Å²) in [5, 5.41) is 14.8. The first kappa shape index (κ1) is 25.0. The van der Waals surface area contributed by atoms with E-state index in [1.165, 1.54) is 24.3 Å². The second-order valence-electron chi connectivity index (χ2n) is 9.95. The highest BCUT2D eigenvalue weighted by Gasteiger charge is 2.60. The SMILES string of the molecule is N#C[C@@H](C[C@@H]1CCNC1=O)NC(=O)[C@H]1[C@@H]2CC[C@@H](CC2(F)F)N1C(=O)c1cc2c(C(F)F)cccc2[nH]1. The van der Waals surface area contributed by atoms with Gasteiger partial charge in [-0.05, 0) is 37.8 Å². The Morgan fingerprint density at radius 1 is 1.24 bits per heavy atom. The van der Waals surface area contributed by atoms with E-state index in [0.29, 0.717) is 13.0 Å². The van der Waals surface area contributed by atoms with Crippen LogP contribution in [0.4, 0.5) is 17.6 Å². The molecule has 3 saturated heterocycles. The Kier molecular flexibility index (Phi) is 6.33. The van der Waals surface area contributed by atoms with Crippen molar-refractivity contribution in [2.75, 3.05) is 6.54 Å². The summed E-state index contributed by atoms with van der Waals surface area (Å²) in [4.78, 5) is 42.8. The Labute approximate surface area is 209 Å². The van der Waals surface area contributed by atoms with Gasteiger partial charge in [0.15, 0.2) is 0 Å². The van der Waals surface area contributed by atoms with E-state index in [-0.39, 0.29) is 47.3 Å². The number of H-pyrrole nitrogens is 1. The fourth-order valence-electron chi connectivity index (χ4n) is 5.98. The van der Waals surface area contributed by atoms with Gasteiger partial charge in [-0.15, -0.1) is 0 Å². The van der Waals surface area contributed by atoms with Gasteiger partial charge in [0.1, 0.15) is 17.8 Å². The van der Waals surface area contributed by atoms with Crippen molar-refractivity contribution in [3.63, 3.8) is 0 Å². The van der Waals surface area contributed by atoms with Crippen LogP contribution in [0.3, 0.4) is 0 Å². The maximum atomic E-state index is 14.9. The number of carbonyl (C=O) groups is 3. The quantitative estimate of drug-likeness (QED) is 0.508. The summed E-state index contributed by atoms with van der Waals surface area (Å²) in [6.45, 7) is 0.453. The van der Waals surface area contributed by atoms with Crippen molar-refractivity contribution >= 4 is 28.6 Å². The molecule has 2 bridgehead atoms. The van der Waals surface area contributed by atoms with E-state index in [1.54, 1.807) is 0 Å². The zero-order chi connectivity index (χ0) is 26.5. The Morgan fingerprint density at radius 2 is 2.03 bits per heavy atom. The van der Waals surface area contributed by atoms with Crippen LogP contribution in [0.2, 0.25) is 0 Å². The van der Waals surface area contributed by atoms with Crippen molar-refractivity contribution in [2.45, 2.75) is 62.6 Å². The number of aromatic nitrogens is 1. The molecule has 37 heavy (non-hydrogen) atoms. The van der Waals surface area contributed by atoms with Crippen molar-refractivity contribution in [1.29, 1.82) is 5.26 Å². The highest BCUT2D eigenvalue weighted by Crippen LogP contribution is 2.49. The molecule has 1 aromatic heterocycles. The van der Waals surface area contributed by atoms with Crippen LogP contribution in [-0.4, -0.2) is 58.2 Å². The fourth-order valence-corrected chi connectivity index (χ4v) is 5.98. The van der Waals surface area contributed by atoms with Crippen molar-refractivity contribution < 1.29 is 31.9 Å². The van der Waals surface area contributed by atoms with Gasteiger partial charge < -0.3 is 20.5 Å².